The second-order valence-electron chi connectivity index (χ2n) is 4.51. The lowest BCUT2D eigenvalue weighted by molar-refractivity contribution is 0.0919. The van der Waals surface area contributed by atoms with Gasteiger partial charge in [0.15, 0.2) is 5.78 Å². The molecule has 0 amide bonds. The summed E-state index contributed by atoms with van der Waals surface area (Å²) in [5.41, 5.74) is 3.04. The molecule has 0 aromatic heterocycles. The molecule has 0 aliphatic rings. The summed E-state index contributed by atoms with van der Waals surface area (Å²) in [5.74, 6) is 0.489. The summed E-state index contributed by atoms with van der Waals surface area (Å²) in [4.78, 5) is 12.0. The van der Waals surface area contributed by atoms with Crippen LogP contribution in [-0.4, -0.2) is 19.5 Å². The van der Waals surface area contributed by atoms with Gasteiger partial charge in [0, 0.05) is 25.7 Å². The topological polar surface area (TPSA) is 26.3 Å². The minimum Gasteiger partial charge on any atom is -0.384 e. The quantitative estimate of drug-likeness (QED) is 0.712. The molecule has 2 nitrogen and oxygen atoms in total. The molecular weight excluding hydrogens is 200 g/mol. The second-order valence-corrected chi connectivity index (χ2v) is 4.51. The fourth-order valence-electron chi connectivity index (χ4n) is 1.81. The van der Waals surface area contributed by atoms with Crippen LogP contribution in [-0.2, 0) is 4.74 Å². The first-order valence-electron chi connectivity index (χ1n) is 5.64. The van der Waals surface area contributed by atoms with Crippen molar-refractivity contribution in [2.45, 2.75) is 27.2 Å². The van der Waals surface area contributed by atoms with Crippen LogP contribution in [0, 0.1) is 19.8 Å². The zero-order chi connectivity index (χ0) is 12.1. The van der Waals surface area contributed by atoms with E-state index < -0.39 is 0 Å². The Morgan fingerprint density at radius 3 is 2.69 bits per heavy atom. The standard InChI is InChI=1S/C14H20O2/c1-10-5-6-12(3)13(7-10)14(15)8-11(2)9-16-4/h5-7,11H,8-9H2,1-4H3. The molecule has 1 aromatic rings. The van der Waals surface area contributed by atoms with Crippen LogP contribution in [0.3, 0.4) is 0 Å². The first-order valence-corrected chi connectivity index (χ1v) is 5.64. The van der Waals surface area contributed by atoms with Crippen LogP contribution in [0.25, 0.3) is 0 Å². The molecule has 0 saturated heterocycles. The summed E-state index contributed by atoms with van der Waals surface area (Å²) in [6.45, 7) is 6.66. The van der Waals surface area contributed by atoms with Crippen molar-refractivity contribution in [3.8, 4) is 0 Å². The molecule has 1 rings (SSSR count). The predicted molar refractivity (Wildman–Crippen MR) is 65.9 cm³/mol. The van der Waals surface area contributed by atoms with Gasteiger partial charge >= 0.3 is 0 Å². The Bertz CT molecular complexity index is 369. The van der Waals surface area contributed by atoms with E-state index in [9.17, 15) is 4.79 Å². The highest BCUT2D eigenvalue weighted by Crippen LogP contribution is 2.15. The van der Waals surface area contributed by atoms with Crippen molar-refractivity contribution in [3.05, 3.63) is 34.9 Å². The Kier molecular flexibility index (Phi) is 4.69. The van der Waals surface area contributed by atoms with Gasteiger partial charge in [0.25, 0.3) is 0 Å². The average molecular weight is 220 g/mol. The van der Waals surface area contributed by atoms with Gasteiger partial charge in [-0.2, -0.15) is 0 Å². The predicted octanol–water partition coefficient (Wildman–Crippen LogP) is 3.16. The molecule has 0 bridgehead atoms. The zero-order valence-corrected chi connectivity index (χ0v) is 10.5. The summed E-state index contributed by atoms with van der Waals surface area (Å²) in [6, 6.07) is 6.01. The molecule has 88 valence electrons. The first-order chi connectivity index (χ1) is 7.54. The van der Waals surface area contributed by atoms with Crippen molar-refractivity contribution in [2.75, 3.05) is 13.7 Å². The third kappa shape index (κ3) is 3.46. The fourth-order valence-corrected chi connectivity index (χ4v) is 1.81. The molecule has 0 spiro atoms. The van der Waals surface area contributed by atoms with Gasteiger partial charge in [0.05, 0.1) is 0 Å². The highest BCUT2D eigenvalue weighted by molar-refractivity contribution is 5.97. The molecule has 0 aliphatic heterocycles. The molecule has 0 heterocycles. The highest BCUT2D eigenvalue weighted by atomic mass is 16.5. The van der Waals surface area contributed by atoms with Gasteiger partial charge in [-0.25, -0.2) is 0 Å². The molecule has 16 heavy (non-hydrogen) atoms. The summed E-state index contributed by atoms with van der Waals surface area (Å²) < 4.78 is 5.04. The number of methoxy groups -OCH3 is 1. The maximum Gasteiger partial charge on any atom is 0.163 e. The fraction of sp³-hybridized carbons (Fsp3) is 0.500. The molecule has 0 aliphatic carbocycles. The first kappa shape index (κ1) is 12.9. The number of ketones is 1. The van der Waals surface area contributed by atoms with Gasteiger partial charge in [-0.1, -0.05) is 24.6 Å². The Morgan fingerprint density at radius 2 is 2.06 bits per heavy atom. The Morgan fingerprint density at radius 1 is 1.38 bits per heavy atom. The molecule has 0 saturated carbocycles. The van der Waals surface area contributed by atoms with E-state index >= 15 is 0 Å². The third-order valence-corrected chi connectivity index (χ3v) is 2.68. The van der Waals surface area contributed by atoms with E-state index in [1.807, 2.05) is 39.0 Å². The van der Waals surface area contributed by atoms with Gasteiger partial charge < -0.3 is 4.74 Å². The maximum atomic E-state index is 12.0. The molecular formula is C14H20O2. The van der Waals surface area contributed by atoms with Crippen LogP contribution in [0.2, 0.25) is 0 Å². The number of hydrogen-bond donors (Lipinski definition) is 0. The van der Waals surface area contributed by atoms with E-state index in [2.05, 4.69) is 0 Å². The summed E-state index contributed by atoms with van der Waals surface area (Å²) in [5, 5.41) is 0. The molecule has 1 aromatic carbocycles. The summed E-state index contributed by atoms with van der Waals surface area (Å²) in [7, 11) is 1.67. The lowest BCUT2D eigenvalue weighted by atomic mass is 9.96. The smallest absolute Gasteiger partial charge is 0.163 e. The van der Waals surface area contributed by atoms with Gasteiger partial charge in [0.1, 0.15) is 0 Å². The number of carbonyl (C=O) groups excluding carboxylic acids is 1. The van der Waals surface area contributed by atoms with E-state index in [1.165, 1.54) is 0 Å². The van der Waals surface area contributed by atoms with E-state index in [4.69, 9.17) is 4.74 Å². The molecule has 0 fully saturated rings. The van der Waals surface area contributed by atoms with Crippen LogP contribution in [0.5, 0.6) is 0 Å². The SMILES string of the molecule is COCC(C)CC(=O)c1cc(C)ccc1C. The van der Waals surface area contributed by atoms with E-state index in [-0.39, 0.29) is 11.7 Å². The number of carbonyl (C=O) groups is 1. The molecule has 2 heteroatoms. The number of benzene rings is 1. The van der Waals surface area contributed by atoms with Gasteiger partial charge in [0.2, 0.25) is 0 Å². The Balaban J connectivity index is 2.76. The van der Waals surface area contributed by atoms with Crippen molar-refractivity contribution < 1.29 is 9.53 Å². The third-order valence-electron chi connectivity index (χ3n) is 2.68. The van der Waals surface area contributed by atoms with Crippen LogP contribution < -0.4 is 0 Å². The van der Waals surface area contributed by atoms with Crippen molar-refractivity contribution in [3.63, 3.8) is 0 Å². The summed E-state index contributed by atoms with van der Waals surface area (Å²) >= 11 is 0. The normalized spacial score (nSPS) is 12.5. The minimum absolute atomic E-state index is 0.214. The largest absolute Gasteiger partial charge is 0.384 e. The highest BCUT2D eigenvalue weighted by Gasteiger charge is 2.13. The number of hydrogen-bond acceptors (Lipinski definition) is 2. The van der Waals surface area contributed by atoms with E-state index in [0.717, 1.165) is 16.7 Å². The van der Waals surface area contributed by atoms with Crippen molar-refractivity contribution in [1.29, 1.82) is 0 Å². The van der Waals surface area contributed by atoms with Crippen molar-refractivity contribution in [1.82, 2.24) is 0 Å². The van der Waals surface area contributed by atoms with Crippen LogP contribution in [0.4, 0.5) is 0 Å². The van der Waals surface area contributed by atoms with Crippen LogP contribution >= 0.6 is 0 Å². The minimum atomic E-state index is 0.214. The number of rotatable bonds is 5. The van der Waals surface area contributed by atoms with Gasteiger partial charge in [-0.3, -0.25) is 4.79 Å². The lowest BCUT2D eigenvalue weighted by Crippen LogP contribution is -2.11. The summed E-state index contributed by atoms with van der Waals surface area (Å²) in [6.07, 6.45) is 0.554. The molecule has 0 N–H and O–H groups in total. The maximum absolute atomic E-state index is 12.0. The zero-order valence-electron chi connectivity index (χ0n) is 10.5. The average Bonchev–Trinajstić information content (AvgIpc) is 2.21. The lowest BCUT2D eigenvalue weighted by Gasteiger charge is -2.11. The Hall–Kier alpha value is -1.15. The van der Waals surface area contributed by atoms with Crippen molar-refractivity contribution in [2.24, 2.45) is 5.92 Å². The Labute approximate surface area is 97.6 Å². The number of Topliss-reactive ketones (excluding diaryl/α,β-unsaturated/α-hetero) is 1. The monoisotopic (exact) mass is 220 g/mol. The van der Waals surface area contributed by atoms with E-state index in [0.29, 0.717) is 13.0 Å². The van der Waals surface area contributed by atoms with Gasteiger partial charge in [-0.15, -0.1) is 0 Å². The second kappa shape index (κ2) is 5.80. The molecule has 0 radical (unpaired) electrons. The van der Waals surface area contributed by atoms with Gasteiger partial charge in [-0.05, 0) is 31.4 Å². The number of aryl methyl sites for hydroxylation is 2. The van der Waals surface area contributed by atoms with Crippen LogP contribution in [0.15, 0.2) is 18.2 Å². The molecule has 1 atom stereocenters. The number of ether oxygens (including phenoxy) is 1. The van der Waals surface area contributed by atoms with Crippen molar-refractivity contribution >= 4 is 5.78 Å². The molecule has 1 unspecified atom stereocenters. The van der Waals surface area contributed by atoms with Crippen LogP contribution in [0.1, 0.15) is 34.8 Å². The van der Waals surface area contributed by atoms with E-state index in [1.54, 1.807) is 7.11 Å².